The minimum absolute atomic E-state index is 0.0584. The number of aromatic nitrogens is 2. The van der Waals surface area contributed by atoms with E-state index in [-0.39, 0.29) is 18.0 Å². The molecule has 3 aromatic carbocycles. The molecule has 1 amide bonds. The largest absolute Gasteiger partial charge is 0.497 e. The molecule has 0 aliphatic heterocycles. The van der Waals surface area contributed by atoms with E-state index in [4.69, 9.17) is 4.74 Å². The molecule has 0 unspecified atom stereocenters. The molecule has 0 fully saturated rings. The highest BCUT2D eigenvalue weighted by atomic mass is 16.5. The van der Waals surface area contributed by atoms with Crippen molar-refractivity contribution < 1.29 is 9.53 Å². The molecule has 5 aromatic rings. The highest BCUT2D eigenvalue weighted by molar-refractivity contribution is 5.98. The summed E-state index contributed by atoms with van der Waals surface area (Å²) in [4.78, 5) is 29.6. The number of nitrogens with one attached hydrogen (secondary N) is 2. The zero-order valence-corrected chi connectivity index (χ0v) is 20.7. The lowest BCUT2D eigenvalue weighted by Gasteiger charge is -2.19. The zero-order chi connectivity index (χ0) is 25.2. The summed E-state index contributed by atoms with van der Waals surface area (Å²) >= 11 is 0. The number of aryl methyl sites for hydroxylation is 2. The summed E-state index contributed by atoms with van der Waals surface area (Å²) in [7, 11) is 3.37. The summed E-state index contributed by atoms with van der Waals surface area (Å²) in [5.74, 6) is 0.619. The summed E-state index contributed by atoms with van der Waals surface area (Å²) in [5, 5.41) is 5.63. The lowest BCUT2D eigenvalue weighted by atomic mass is 9.96. The van der Waals surface area contributed by atoms with Gasteiger partial charge >= 0.3 is 0 Å². The van der Waals surface area contributed by atoms with Gasteiger partial charge in [-0.2, -0.15) is 0 Å². The van der Waals surface area contributed by atoms with Gasteiger partial charge in [0.15, 0.2) is 0 Å². The number of rotatable bonds is 7. The van der Waals surface area contributed by atoms with Crippen LogP contribution in [0.15, 0.2) is 77.6 Å². The van der Waals surface area contributed by atoms with E-state index in [1.54, 1.807) is 30.9 Å². The fourth-order valence-corrected chi connectivity index (χ4v) is 4.97. The van der Waals surface area contributed by atoms with Gasteiger partial charge in [0.25, 0.3) is 5.56 Å². The van der Waals surface area contributed by atoms with Gasteiger partial charge in [0.1, 0.15) is 5.75 Å². The fraction of sp³-hybridized carbons (Fsp3) is 0.200. The number of carbonyl (C=O) groups excluding carboxylic acids is 1. The molecule has 36 heavy (non-hydrogen) atoms. The van der Waals surface area contributed by atoms with Gasteiger partial charge in [-0.1, -0.05) is 48.5 Å². The molecule has 0 saturated carbocycles. The number of benzene rings is 3. The summed E-state index contributed by atoms with van der Waals surface area (Å²) in [6, 6.07) is 23.6. The van der Waals surface area contributed by atoms with Crippen LogP contribution in [0.2, 0.25) is 0 Å². The molecule has 182 valence electrons. The number of ether oxygens (including phenoxy) is 1. The van der Waals surface area contributed by atoms with Crippen LogP contribution >= 0.6 is 0 Å². The number of carbonyl (C=O) groups is 1. The number of H-pyrrole nitrogens is 1. The Morgan fingerprint density at radius 2 is 1.72 bits per heavy atom. The molecule has 0 aliphatic carbocycles. The molecule has 0 saturated heterocycles. The number of para-hydroxylation sites is 1. The van der Waals surface area contributed by atoms with Gasteiger partial charge in [0, 0.05) is 52.1 Å². The molecule has 6 nitrogen and oxygen atoms in total. The molecular weight excluding hydrogens is 450 g/mol. The van der Waals surface area contributed by atoms with Gasteiger partial charge in [-0.15, -0.1) is 0 Å². The second kappa shape index (κ2) is 9.74. The molecule has 5 rings (SSSR count). The highest BCUT2D eigenvalue weighted by Gasteiger charge is 2.18. The monoisotopic (exact) mass is 479 g/mol. The van der Waals surface area contributed by atoms with Crippen molar-refractivity contribution in [1.29, 1.82) is 0 Å². The average molecular weight is 480 g/mol. The number of methoxy groups -OCH3 is 1. The fourth-order valence-electron chi connectivity index (χ4n) is 4.97. The topological polar surface area (TPSA) is 76.1 Å². The number of hydrogen-bond acceptors (Lipinski definition) is 3. The molecule has 2 aromatic heterocycles. The van der Waals surface area contributed by atoms with Crippen molar-refractivity contribution in [3.8, 4) is 16.9 Å². The number of aromatic amines is 1. The number of pyridine rings is 1. The second-order valence-electron chi connectivity index (χ2n) is 9.01. The number of fused-ring (bicyclic) bond motifs is 2. The Morgan fingerprint density at radius 3 is 2.50 bits per heavy atom. The first kappa shape index (κ1) is 23.4. The Balaban J connectivity index is 1.46. The van der Waals surface area contributed by atoms with Gasteiger partial charge in [-0.25, -0.2) is 0 Å². The van der Waals surface area contributed by atoms with E-state index in [0.29, 0.717) is 24.0 Å². The predicted octanol–water partition coefficient (Wildman–Crippen LogP) is 5.25. The van der Waals surface area contributed by atoms with Gasteiger partial charge in [-0.3, -0.25) is 9.59 Å². The lowest BCUT2D eigenvalue weighted by molar-refractivity contribution is -0.121. The molecule has 2 heterocycles. The van der Waals surface area contributed by atoms with Crippen molar-refractivity contribution in [2.45, 2.75) is 26.3 Å². The first-order valence-corrected chi connectivity index (χ1v) is 12.1. The molecule has 2 N–H and O–H groups in total. The van der Waals surface area contributed by atoms with E-state index in [1.807, 2.05) is 61.5 Å². The van der Waals surface area contributed by atoms with E-state index in [1.165, 1.54) is 0 Å². The molecule has 0 bridgehead atoms. The number of amides is 1. The van der Waals surface area contributed by atoms with Crippen LogP contribution in [0.5, 0.6) is 5.75 Å². The van der Waals surface area contributed by atoms with E-state index in [9.17, 15) is 9.59 Å². The van der Waals surface area contributed by atoms with Crippen LogP contribution in [0.1, 0.15) is 23.4 Å². The van der Waals surface area contributed by atoms with Crippen LogP contribution in [-0.4, -0.2) is 22.6 Å². The van der Waals surface area contributed by atoms with Crippen molar-refractivity contribution in [3.05, 3.63) is 100 Å². The maximum Gasteiger partial charge on any atom is 0.258 e. The normalized spacial score (nSPS) is 11.2. The minimum Gasteiger partial charge on any atom is -0.497 e. The third-order valence-electron chi connectivity index (χ3n) is 6.87. The maximum atomic E-state index is 13.2. The first-order chi connectivity index (χ1) is 17.5. The average Bonchev–Trinajstić information content (AvgIpc) is 3.23. The third kappa shape index (κ3) is 4.26. The lowest BCUT2D eigenvalue weighted by Crippen LogP contribution is -2.29. The van der Waals surface area contributed by atoms with Gasteiger partial charge in [0.2, 0.25) is 5.91 Å². The maximum absolute atomic E-state index is 13.2. The Morgan fingerprint density at radius 1 is 0.972 bits per heavy atom. The molecule has 6 heteroatoms. The van der Waals surface area contributed by atoms with Crippen molar-refractivity contribution in [1.82, 2.24) is 14.9 Å². The van der Waals surface area contributed by atoms with Gasteiger partial charge in [-0.05, 0) is 48.7 Å². The smallest absolute Gasteiger partial charge is 0.258 e. The highest BCUT2D eigenvalue weighted by Crippen LogP contribution is 2.32. The quantitative estimate of drug-likeness (QED) is 0.335. The molecule has 0 spiro atoms. The molecule has 0 aliphatic rings. The Hall–Kier alpha value is -4.32. The van der Waals surface area contributed by atoms with E-state index in [2.05, 4.69) is 16.4 Å². The standard InChI is InChI=1S/C30H29N3O3/c1-19-22(23-11-7-8-12-26(23)32-19)15-16-28(34)31-18-27-29(20-9-5-4-6-10-20)25-17-21(36-3)13-14-24(25)30(35)33(27)2/h4-14,17,32H,15-16,18H2,1-3H3,(H,31,34). The van der Waals surface area contributed by atoms with Crippen LogP contribution in [0.4, 0.5) is 0 Å². The molecule has 0 atom stereocenters. The van der Waals surface area contributed by atoms with Crippen molar-refractivity contribution >= 4 is 27.6 Å². The van der Waals surface area contributed by atoms with E-state index < -0.39 is 0 Å². The van der Waals surface area contributed by atoms with E-state index in [0.717, 1.165) is 44.4 Å². The van der Waals surface area contributed by atoms with Crippen LogP contribution in [-0.2, 0) is 24.8 Å². The summed E-state index contributed by atoms with van der Waals surface area (Å²) < 4.78 is 7.09. The predicted molar refractivity (Wildman–Crippen MR) is 144 cm³/mol. The van der Waals surface area contributed by atoms with Crippen molar-refractivity contribution in [3.63, 3.8) is 0 Å². The SMILES string of the molecule is COc1ccc2c(=O)n(C)c(CNC(=O)CCc3c(C)[nH]c4ccccc34)c(-c3ccccc3)c2c1. The zero-order valence-electron chi connectivity index (χ0n) is 20.7. The summed E-state index contributed by atoms with van der Waals surface area (Å²) in [6.07, 6.45) is 1.000. The van der Waals surface area contributed by atoms with Crippen LogP contribution in [0.25, 0.3) is 32.8 Å². The van der Waals surface area contributed by atoms with Crippen molar-refractivity contribution in [2.24, 2.45) is 7.05 Å². The Kier molecular flexibility index (Phi) is 6.34. The third-order valence-corrected chi connectivity index (χ3v) is 6.87. The Labute approximate surface area is 209 Å². The van der Waals surface area contributed by atoms with E-state index >= 15 is 0 Å². The molecule has 0 radical (unpaired) electrons. The van der Waals surface area contributed by atoms with Crippen molar-refractivity contribution in [2.75, 3.05) is 7.11 Å². The van der Waals surface area contributed by atoms with Crippen LogP contribution < -0.4 is 15.6 Å². The number of nitrogens with zero attached hydrogens (tertiary/aromatic N) is 1. The summed E-state index contributed by atoms with van der Waals surface area (Å²) in [6.45, 7) is 2.29. The minimum atomic E-state index is -0.106. The number of hydrogen-bond donors (Lipinski definition) is 2. The van der Waals surface area contributed by atoms with Gasteiger partial charge in [0.05, 0.1) is 13.7 Å². The van der Waals surface area contributed by atoms with Gasteiger partial charge < -0.3 is 19.6 Å². The second-order valence-corrected chi connectivity index (χ2v) is 9.01. The van der Waals surface area contributed by atoms with Crippen LogP contribution in [0, 0.1) is 6.92 Å². The molecular formula is C30H29N3O3. The first-order valence-electron chi connectivity index (χ1n) is 12.1. The Bertz CT molecular complexity index is 1630. The summed E-state index contributed by atoms with van der Waals surface area (Å²) in [5.41, 5.74) is 5.87. The van der Waals surface area contributed by atoms with Crippen LogP contribution in [0.3, 0.4) is 0 Å².